The van der Waals surface area contributed by atoms with Crippen molar-refractivity contribution in [2.45, 2.75) is 26.2 Å². The van der Waals surface area contributed by atoms with Gasteiger partial charge >= 0.3 is 0 Å². The van der Waals surface area contributed by atoms with Gasteiger partial charge in [-0.05, 0) is 33.4 Å². The molecular weight excluding hydrogens is 372 g/mol. The second kappa shape index (κ2) is 8.49. The molecule has 0 saturated heterocycles. The molecule has 4 nitrogen and oxygen atoms in total. The minimum Gasteiger partial charge on any atom is -0.490 e. The fourth-order valence-corrected chi connectivity index (χ4v) is 3.88. The number of ether oxygens (including phenoxy) is 2. The zero-order chi connectivity index (χ0) is 21.1. The maximum absolute atomic E-state index is 6.34. The monoisotopic (exact) mass is 402 g/mol. The van der Waals surface area contributed by atoms with Gasteiger partial charge in [-0.15, -0.1) is 0 Å². The van der Waals surface area contributed by atoms with Gasteiger partial charge in [0.15, 0.2) is 0 Å². The lowest BCUT2D eigenvalue weighted by Gasteiger charge is -2.21. The number of methoxy groups -OCH3 is 1. The van der Waals surface area contributed by atoms with Crippen LogP contribution in [0, 0.1) is 0 Å². The Labute approximate surface area is 178 Å². The first-order chi connectivity index (χ1) is 14.5. The van der Waals surface area contributed by atoms with Crippen LogP contribution in [0.4, 0.5) is 0 Å². The van der Waals surface area contributed by atoms with Gasteiger partial charge in [0.05, 0.1) is 18.7 Å². The quantitative estimate of drug-likeness (QED) is 0.578. The highest BCUT2D eigenvalue weighted by molar-refractivity contribution is 6.11. The van der Waals surface area contributed by atoms with Crippen molar-refractivity contribution >= 4 is 16.6 Å². The number of nitrogens with one attached hydrogen (secondary N) is 1. The van der Waals surface area contributed by atoms with E-state index in [0.717, 1.165) is 41.4 Å². The molecule has 0 amide bonds. The van der Waals surface area contributed by atoms with E-state index in [0.29, 0.717) is 13.2 Å². The lowest BCUT2D eigenvalue weighted by Crippen LogP contribution is -2.21. The summed E-state index contributed by atoms with van der Waals surface area (Å²) in [5, 5.41) is 5.77. The zero-order valence-corrected chi connectivity index (χ0v) is 18.3. The lowest BCUT2D eigenvalue weighted by molar-refractivity contribution is 0.146. The Morgan fingerprint density at radius 2 is 1.77 bits per heavy atom. The molecule has 3 aromatic carbocycles. The Kier molecular flexibility index (Phi) is 5.78. The zero-order valence-electron chi connectivity index (χ0n) is 18.3. The molecule has 0 aliphatic carbocycles. The Hall–Kier alpha value is -2.85. The Morgan fingerprint density at radius 3 is 2.43 bits per heavy atom. The number of benzene rings is 3. The maximum atomic E-state index is 6.34. The minimum absolute atomic E-state index is 0.114. The summed E-state index contributed by atoms with van der Waals surface area (Å²) in [5.41, 5.74) is 4.69. The number of amidine groups is 1. The topological polar surface area (TPSA) is 42.9 Å². The third-order valence-electron chi connectivity index (χ3n) is 5.50. The molecule has 0 radical (unpaired) electrons. The molecule has 0 unspecified atom stereocenters. The van der Waals surface area contributed by atoms with Crippen LogP contribution in [0.1, 0.15) is 31.9 Å². The minimum atomic E-state index is 0.114. The average Bonchev–Trinajstić information content (AvgIpc) is 3.27. The van der Waals surface area contributed by atoms with Gasteiger partial charge in [-0.3, -0.25) is 4.99 Å². The molecule has 0 fully saturated rings. The second-order valence-electron chi connectivity index (χ2n) is 8.68. The second-order valence-corrected chi connectivity index (χ2v) is 8.68. The van der Waals surface area contributed by atoms with Crippen molar-refractivity contribution in [3.8, 4) is 16.9 Å². The molecule has 30 heavy (non-hydrogen) atoms. The number of aliphatic imine (C=N–C) groups is 1. The molecule has 0 spiro atoms. The van der Waals surface area contributed by atoms with E-state index in [-0.39, 0.29) is 5.41 Å². The predicted octanol–water partition coefficient (Wildman–Crippen LogP) is 5.18. The van der Waals surface area contributed by atoms with Gasteiger partial charge in [0.25, 0.3) is 0 Å². The van der Waals surface area contributed by atoms with Crippen molar-refractivity contribution in [2.75, 3.05) is 33.4 Å². The molecule has 0 atom stereocenters. The van der Waals surface area contributed by atoms with Crippen molar-refractivity contribution in [3.63, 3.8) is 0 Å². The summed E-state index contributed by atoms with van der Waals surface area (Å²) >= 11 is 0. The van der Waals surface area contributed by atoms with E-state index in [9.17, 15) is 0 Å². The summed E-state index contributed by atoms with van der Waals surface area (Å²) in [6, 6.07) is 19.5. The number of nitrogens with zero attached hydrogens (tertiary/aromatic N) is 1. The van der Waals surface area contributed by atoms with Crippen LogP contribution in [0.5, 0.6) is 5.75 Å². The molecule has 0 bridgehead atoms. The largest absolute Gasteiger partial charge is 0.490 e. The first-order valence-corrected chi connectivity index (χ1v) is 10.6. The van der Waals surface area contributed by atoms with E-state index in [1.165, 1.54) is 16.3 Å². The summed E-state index contributed by atoms with van der Waals surface area (Å²) in [6.45, 7) is 9.38. The van der Waals surface area contributed by atoms with E-state index in [2.05, 4.69) is 85.7 Å². The first-order valence-electron chi connectivity index (χ1n) is 10.6. The molecular formula is C26H30N2O2. The summed E-state index contributed by atoms with van der Waals surface area (Å²) in [7, 11) is 1.69. The van der Waals surface area contributed by atoms with Crippen molar-refractivity contribution in [1.29, 1.82) is 0 Å². The van der Waals surface area contributed by atoms with Crippen molar-refractivity contribution in [2.24, 2.45) is 4.99 Å². The summed E-state index contributed by atoms with van der Waals surface area (Å²) in [5.74, 6) is 1.77. The lowest BCUT2D eigenvalue weighted by atomic mass is 9.85. The van der Waals surface area contributed by atoms with Crippen molar-refractivity contribution < 1.29 is 9.47 Å². The van der Waals surface area contributed by atoms with Crippen LogP contribution in [-0.4, -0.2) is 39.2 Å². The van der Waals surface area contributed by atoms with Gasteiger partial charge in [-0.2, -0.15) is 0 Å². The summed E-state index contributed by atoms with van der Waals surface area (Å²) in [4.78, 5) is 4.68. The number of rotatable bonds is 6. The van der Waals surface area contributed by atoms with Crippen molar-refractivity contribution in [1.82, 2.24) is 5.32 Å². The van der Waals surface area contributed by atoms with Gasteiger partial charge in [0, 0.05) is 19.2 Å². The Balaban J connectivity index is 1.94. The SMILES string of the molecule is COCCOc1c(C2=NCCN2)cc2ccccc2c1-c1ccc(C(C)(C)C)cc1. The van der Waals surface area contributed by atoms with Gasteiger partial charge < -0.3 is 14.8 Å². The highest BCUT2D eigenvalue weighted by Gasteiger charge is 2.22. The average molecular weight is 403 g/mol. The van der Waals surface area contributed by atoms with E-state index < -0.39 is 0 Å². The fourth-order valence-electron chi connectivity index (χ4n) is 3.88. The molecule has 1 aliphatic rings. The summed E-state index contributed by atoms with van der Waals surface area (Å²) in [6.07, 6.45) is 0. The van der Waals surface area contributed by atoms with Crippen LogP contribution < -0.4 is 10.1 Å². The third kappa shape index (κ3) is 4.05. The highest BCUT2D eigenvalue weighted by atomic mass is 16.5. The molecule has 156 valence electrons. The van der Waals surface area contributed by atoms with E-state index in [1.807, 2.05) is 0 Å². The fraction of sp³-hybridized carbons (Fsp3) is 0.346. The van der Waals surface area contributed by atoms with Crippen LogP contribution in [-0.2, 0) is 10.2 Å². The standard InChI is InChI=1S/C26H30N2O2/c1-26(2,3)20-11-9-18(10-12-20)23-21-8-6-5-7-19(21)17-22(25-27-13-14-28-25)24(23)30-16-15-29-4/h5-12,17H,13-16H2,1-4H3,(H,27,28). The van der Waals surface area contributed by atoms with E-state index in [1.54, 1.807) is 7.11 Å². The van der Waals surface area contributed by atoms with Crippen LogP contribution >= 0.6 is 0 Å². The highest BCUT2D eigenvalue weighted by Crippen LogP contribution is 2.41. The molecule has 1 aliphatic heterocycles. The number of fused-ring (bicyclic) bond motifs is 1. The summed E-state index contributed by atoms with van der Waals surface area (Å²) < 4.78 is 11.6. The van der Waals surface area contributed by atoms with Crippen molar-refractivity contribution in [3.05, 3.63) is 65.7 Å². The van der Waals surface area contributed by atoms with Gasteiger partial charge in [0.2, 0.25) is 0 Å². The van der Waals surface area contributed by atoms with E-state index in [4.69, 9.17) is 9.47 Å². The molecule has 1 heterocycles. The number of hydrogen-bond acceptors (Lipinski definition) is 4. The number of hydrogen-bond donors (Lipinski definition) is 1. The van der Waals surface area contributed by atoms with Crippen LogP contribution in [0.3, 0.4) is 0 Å². The molecule has 3 aromatic rings. The smallest absolute Gasteiger partial charge is 0.138 e. The van der Waals surface area contributed by atoms with Gasteiger partial charge in [-0.1, -0.05) is 69.3 Å². The predicted molar refractivity (Wildman–Crippen MR) is 125 cm³/mol. The Morgan fingerprint density at radius 1 is 1.00 bits per heavy atom. The molecule has 0 saturated carbocycles. The molecule has 4 rings (SSSR count). The van der Waals surface area contributed by atoms with Gasteiger partial charge in [-0.25, -0.2) is 0 Å². The van der Waals surface area contributed by atoms with Crippen LogP contribution in [0.25, 0.3) is 21.9 Å². The van der Waals surface area contributed by atoms with E-state index >= 15 is 0 Å². The van der Waals surface area contributed by atoms with Gasteiger partial charge in [0.1, 0.15) is 18.2 Å². The molecule has 0 aromatic heterocycles. The third-order valence-corrected chi connectivity index (χ3v) is 5.50. The van der Waals surface area contributed by atoms with Crippen LogP contribution in [0.2, 0.25) is 0 Å². The molecule has 4 heteroatoms. The Bertz CT molecular complexity index is 1060. The maximum Gasteiger partial charge on any atom is 0.138 e. The first kappa shape index (κ1) is 20.4. The molecule has 1 N–H and O–H groups in total. The van der Waals surface area contributed by atoms with Crippen LogP contribution in [0.15, 0.2) is 59.6 Å². The normalized spacial score (nSPS) is 13.9.